The topological polar surface area (TPSA) is 37.4 Å². The minimum Gasteiger partial charge on any atom is -0.311 e. The predicted octanol–water partition coefficient (Wildman–Crippen LogP) is 3.87. The van der Waals surface area contributed by atoms with Crippen molar-refractivity contribution in [3.8, 4) is 0 Å². The lowest BCUT2D eigenvalue weighted by Gasteiger charge is -2.31. The second-order valence-corrected chi connectivity index (χ2v) is 6.44. The van der Waals surface area contributed by atoms with Crippen molar-refractivity contribution in [1.82, 2.24) is 0 Å². The van der Waals surface area contributed by atoms with Crippen LogP contribution in [0, 0.1) is 0 Å². The number of ketones is 1. The Hall–Kier alpha value is -1.35. The molecule has 3 rings (SSSR count). The Bertz CT molecular complexity index is 598. The SMILES string of the molecule is CCCCN1C(=O)C2(CCCCC2=O)c2cc(Cl)ccc21. The van der Waals surface area contributed by atoms with Crippen LogP contribution in [0.3, 0.4) is 0 Å². The van der Waals surface area contributed by atoms with E-state index < -0.39 is 5.41 Å². The van der Waals surface area contributed by atoms with E-state index in [1.165, 1.54) is 0 Å². The zero-order valence-corrected chi connectivity index (χ0v) is 13.1. The third-order valence-electron chi connectivity index (χ3n) is 4.74. The van der Waals surface area contributed by atoms with Gasteiger partial charge in [0, 0.05) is 29.2 Å². The van der Waals surface area contributed by atoms with E-state index in [4.69, 9.17) is 11.6 Å². The number of carbonyl (C=O) groups excluding carboxylic acids is 2. The molecule has 1 unspecified atom stereocenters. The summed E-state index contributed by atoms with van der Waals surface area (Å²) in [7, 11) is 0. The summed E-state index contributed by atoms with van der Waals surface area (Å²) in [5, 5.41) is 0.594. The van der Waals surface area contributed by atoms with Crippen LogP contribution in [0.2, 0.25) is 5.02 Å². The number of Topliss-reactive ketones (excluding diaryl/α,β-unsaturated/α-hetero) is 1. The Morgan fingerprint density at radius 3 is 2.81 bits per heavy atom. The minimum atomic E-state index is -0.952. The third-order valence-corrected chi connectivity index (χ3v) is 4.97. The molecule has 1 amide bonds. The monoisotopic (exact) mass is 305 g/mol. The van der Waals surface area contributed by atoms with Gasteiger partial charge in [-0.3, -0.25) is 9.59 Å². The van der Waals surface area contributed by atoms with Crippen molar-refractivity contribution in [2.75, 3.05) is 11.4 Å². The second kappa shape index (κ2) is 5.45. The molecule has 3 nitrogen and oxygen atoms in total. The van der Waals surface area contributed by atoms with Gasteiger partial charge in [-0.25, -0.2) is 0 Å². The van der Waals surface area contributed by atoms with Crippen molar-refractivity contribution in [2.24, 2.45) is 0 Å². The lowest BCUT2D eigenvalue weighted by atomic mass is 9.69. The van der Waals surface area contributed by atoms with Gasteiger partial charge in [-0.15, -0.1) is 0 Å². The van der Waals surface area contributed by atoms with Gasteiger partial charge < -0.3 is 4.90 Å². The first-order chi connectivity index (χ1) is 10.1. The Morgan fingerprint density at radius 2 is 2.10 bits per heavy atom. The number of carbonyl (C=O) groups is 2. The molecular weight excluding hydrogens is 286 g/mol. The molecule has 21 heavy (non-hydrogen) atoms. The molecule has 1 fully saturated rings. The summed E-state index contributed by atoms with van der Waals surface area (Å²) in [6.07, 6.45) is 4.90. The van der Waals surface area contributed by atoms with E-state index >= 15 is 0 Å². The standard InChI is InChI=1S/C17H20ClNO2/c1-2-3-10-19-14-8-7-12(18)11-13(14)17(16(19)21)9-5-4-6-15(17)20/h7-8,11H,2-6,9-10H2,1H3. The van der Waals surface area contributed by atoms with Crippen LogP contribution in [0.4, 0.5) is 5.69 Å². The van der Waals surface area contributed by atoms with E-state index in [-0.39, 0.29) is 11.7 Å². The van der Waals surface area contributed by atoms with Crippen LogP contribution >= 0.6 is 11.6 Å². The number of hydrogen-bond acceptors (Lipinski definition) is 2. The van der Waals surface area contributed by atoms with Gasteiger partial charge in [0.25, 0.3) is 0 Å². The molecule has 112 valence electrons. The van der Waals surface area contributed by atoms with Gasteiger partial charge in [0.2, 0.25) is 5.91 Å². The fourth-order valence-electron chi connectivity index (χ4n) is 3.62. The van der Waals surface area contributed by atoms with Crippen molar-refractivity contribution in [1.29, 1.82) is 0 Å². The maximum Gasteiger partial charge on any atom is 0.245 e. The molecular formula is C17H20ClNO2. The summed E-state index contributed by atoms with van der Waals surface area (Å²) >= 11 is 6.13. The van der Waals surface area contributed by atoms with Crippen molar-refractivity contribution in [3.05, 3.63) is 28.8 Å². The number of hydrogen-bond donors (Lipinski definition) is 0. The van der Waals surface area contributed by atoms with Gasteiger partial charge >= 0.3 is 0 Å². The third kappa shape index (κ3) is 2.10. The Labute approximate surface area is 130 Å². The molecule has 2 aliphatic rings. The lowest BCUT2D eigenvalue weighted by Crippen LogP contribution is -2.48. The van der Waals surface area contributed by atoms with E-state index in [0.717, 1.165) is 36.9 Å². The number of fused-ring (bicyclic) bond motifs is 2. The molecule has 0 N–H and O–H groups in total. The van der Waals surface area contributed by atoms with Crippen LogP contribution in [0.25, 0.3) is 0 Å². The smallest absolute Gasteiger partial charge is 0.245 e. The maximum absolute atomic E-state index is 13.0. The summed E-state index contributed by atoms with van der Waals surface area (Å²) in [5.41, 5.74) is 0.764. The fraction of sp³-hybridized carbons (Fsp3) is 0.529. The first-order valence-electron chi connectivity index (χ1n) is 7.76. The van der Waals surface area contributed by atoms with Crippen LogP contribution in [0.1, 0.15) is 51.0 Å². The van der Waals surface area contributed by atoms with Crippen LogP contribution in [-0.2, 0) is 15.0 Å². The molecule has 1 spiro atoms. The normalized spacial score (nSPS) is 24.8. The highest BCUT2D eigenvalue weighted by atomic mass is 35.5. The summed E-state index contributed by atoms with van der Waals surface area (Å²) < 4.78 is 0. The molecule has 0 bridgehead atoms. The Balaban J connectivity index is 2.12. The highest BCUT2D eigenvalue weighted by molar-refractivity contribution is 6.31. The molecule has 0 saturated heterocycles. The largest absolute Gasteiger partial charge is 0.311 e. The number of benzene rings is 1. The van der Waals surface area contributed by atoms with Gasteiger partial charge in [-0.2, -0.15) is 0 Å². The number of amides is 1. The average molecular weight is 306 g/mol. The van der Waals surface area contributed by atoms with Crippen LogP contribution in [0.15, 0.2) is 18.2 Å². The van der Waals surface area contributed by atoms with Gasteiger partial charge in [0.1, 0.15) is 5.41 Å². The molecule has 0 aromatic heterocycles. The molecule has 1 heterocycles. The first kappa shape index (κ1) is 14.6. The van der Waals surface area contributed by atoms with Crippen molar-refractivity contribution in [3.63, 3.8) is 0 Å². The molecule has 1 aliphatic carbocycles. The summed E-state index contributed by atoms with van der Waals surface area (Å²) in [6, 6.07) is 5.52. The molecule has 0 radical (unpaired) electrons. The summed E-state index contributed by atoms with van der Waals surface area (Å²) in [4.78, 5) is 27.5. The van der Waals surface area contributed by atoms with Crippen molar-refractivity contribution < 1.29 is 9.59 Å². The number of halogens is 1. The van der Waals surface area contributed by atoms with Crippen LogP contribution in [0.5, 0.6) is 0 Å². The summed E-state index contributed by atoms with van der Waals surface area (Å²) in [6.45, 7) is 2.78. The molecule has 1 saturated carbocycles. The van der Waals surface area contributed by atoms with E-state index in [1.807, 2.05) is 12.1 Å². The highest BCUT2D eigenvalue weighted by Crippen LogP contribution is 2.49. The number of nitrogens with zero attached hydrogens (tertiary/aromatic N) is 1. The zero-order chi connectivity index (χ0) is 15.0. The maximum atomic E-state index is 13.0. The minimum absolute atomic E-state index is 0.0297. The Morgan fingerprint density at radius 1 is 1.29 bits per heavy atom. The van der Waals surface area contributed by atoms with E-state index in [0.29, 0.717) is 24.4 Å². The van der Waals surface area contributed by atoms with Gasteiger partial charge in [0.15, 0.2) is 5.78 Å². The molecule has 1 aliphatic heterocycles. The fourth-order valence-corrected chi connectivity index (χ4v) is 3.79. The van der Waals surface area contributed by atoms with Crippen LogP contribution < -0.4 is 4.90 Å². The number of anilines is 1. The Kier molecular flexibility index (Phi) is 3.78. The quantitative estimate of drug-likeness (QED) is 0.795. The van der Waals surface area contributed by atoms with Gasteiger partial charge in [0.05, 0.1) is 0 Å². The van der Waals surface area contributed by atoms with E-state index in [9.17, 15) is 9.59 Å². The highest BCUT2D eigenvalue weighted by Gasteiger charge is 2.55. The average Bonchev–Trinajstić information content (AvgIpc) is 2.70. The van der Waals surface area contributed by atoms with Gasteiger partial charge in [-0.1, -0.05) is 31.4 Å². The summed E-state index contributed by atoms with van der Waals surface area (Å²) in [5.74, 6) is 0.0409. The van der Waals surface area contributed by atoms with Crippen molar-refractivity contribution in [2.45, 2.75) is 50.9 Å². The molecule has 1 aromatic carbocycles. The molecule has 1 atom stereocenters. The molecule has 1 aromatic rings. The van der Waals surface area contributed by atoms with E-state index in [2.05, 4.69) is 6.92 Å². The van der Waals surface area contributed by atoms with Crippen molar-refractivity contribution >= 4 is 29.0 Å². The first-order valence-corrected chi connectivity index (χ1v) is 8.14. The second-order valence-electron chi connectivity index (χ2n) is 6.01. The lowest BCUT2D eigenvalue weighted by molar-refractivity contribution is -0.136. The van der Waals surface area contributed by atoms with Crippen LogP contribution in [-0.4, -0.2) is 18.2 Å². The predicted molar refractivity (Wildman–Crippen MR) is 83.9 cm³/mol. The number of unbranched alkanes of at least 4 members (excludes halogenated alkanes) is 1. The zero-order valence-electron chi connectivity index (χ0n) is 12.3. The van der Waals surface area contributed by atoms with Gasteiger partial charge in [-0.05, 0) is 37.5 Å². The molecule has 4 heteroatoms. The number of rotatable bonds is 3. The van der Waals surface area contributed by atoms with E-state index in [1.54, 1.807) is 11.0 Å².